The molecule has 4 heterocycles. The molecule has 0 aliphatic carbocycles. The number of fused-ring (bicyclic) bond motifs is 1. The first-order chi connectivity index (χ1) is 16.4. The lowest BCUT2D eigenvalue weighted by Crippen LogP contribution is -2.33. The lowest BCUT2D eigenvalue weighted by Gasteiger charge is -2.19. The molecule has 8 heteroatoms. The number of hydrogen-bond donors (Lipinski definition) is 1. The SMILES string of the molecule is COc1ccc2occ([C@@H]3C4=C(CN(C(C)=O)C4=O)Nc4cccc5c4c3cn5C)c(=O)c2c1. The molecule has 0 spiro atoms. The van der Waals surface area contributed by atoms with Crippen LogP contribution in [-0.2, 0) is 16.6 Å². The van der Waals surface area contributed by atoms with Crippen molar-refractivity contribution < 1.29 is 18.7 Å². The fraction of sp³-hybridized carbons (Fsp3) is 0.192. The number of aromatic nitrogens is 1. The first kappa shape index (κ1) is 20.3. The number of imide groups is 1. The van der Waals surface area contributed by atoms with Gasteiger partial charge in [0.15, 0.2) is 5.43 Å². The predicted octanol–water partition coefficient (Wildman–Crippen LogP) is 3.49. The fourth-order valence-corrected chi connectivity index (χ4v) is 5.14. The molecule has 8 nitrogen and oxygen atoms in total. The molecule has 34 heavy (non-hydrogen) atoms. The standard InChI is InChI=1S/C26H21N3O5/c1-13(30)29-11-19-24(26(29)32)22(16-10-28(2)20-6-4-5-18(27-19)23(16)20)17-12-34-21-8-7-14(33-3)9-15(21)25(17)31/h4-10,12,22,27H,11H2,1-3H3/t22-/m1/s1. The number of benzene rings is 2. The number of nitrogens with zero attached hydrogens (tertiary/aromatic N) is 2. The minimum absolute atomic E-state index is 0.125. The van der Waals surface area contributed by atoms with Gasteiger partial charge in [-0.3, -0.25) is 19.3 Å². The van der Waals surface area contributed by atoms with Crippen LogP contribution in [0.25, 0.3) is 21.9 Å². The van der Waals surface area contributed by atoms with Crippen molar-refractivity contribution in [1.29, 1.82) is 0 Å². The highest BCUT2D eigenvalue weighted by Gasteiger charge is 2.42. The summed E-state index contributed by atoms with van der Waals surface area (Å²) in [5, 5.41) is 4.68. The summed E-state index contributed by atoms with van der Waals surface area (Å²) in [4.78, 5) is 40.8. The molecule has 6 rings (SSSR count). The normalized spacial score (nSPS) is 17.2. The number of nitrogens with one attached hydrogen (secondary N) is 1. The Morgan fingerprint density at radius 2 is 2.00 bits per heavy atom. The molecule has 4 aromatic rings. The second kappa shape index (κ2) is 7.08. The van der Waals surface area contributed by atoms with Crippen molar-refractivity contribution >= 4 is 39.4 Å². The maximum atomic E-state index is 13.8. The molecule has 0 radical (unpaired) electrons. The number of aryl methyl sites for hydroxylation is 1. The van der Waals surface area contributed by atoms with Crippen LogP contribution in [0, 0.1) is 0 Å². The maximum absolute atomic E-state index is 13.8. The summed E-state index contributed by atoms with van der Waals surface area (Å²) in [5.41, 5.74) is 4.11. The molecule has 2 aromatic carbocycles. The maximum Gasteiger partial charge on any atom is 0.259 e. The Hall–Kier alpha value is -4.33. The zero-order chi connectivity index (χ0) is 23.7. The Bertz CT molecular complexity index is 1640. The molecule has 1 N–H and O–H groups in total. The highest BCUT2D eigenvalue weighted by atomic mass is 16.5. The topological polar surface area (TPSA) is 93.8 Å². The average Bonchev–Trinajstić information content (AvgIpc) is 3.29. The molecule has 0 fully saturated rings. The molecule has 2 amide bonds. The van der Waals surface area contributed by atoms with Crippen molar-refractivity contribution in [1.82, 2.24) is 9.47 Å². The summed E-state index contributed by atoms with van der Waals surface area (Å²) >= 11 is 0. The van der Waals surface area contributed by atoms with Crippen LogP contribution < -0.4 is 15.5 Å². The largest absolute Gasteiger partial charge is 0.497 e. The van der Waals surface area contributed by atoms with E-state index in [-0.39, 0.29) is 17.9 Å². The summed E-state index contributed by atoms with van der Waals surface area (Å²) < 4.78 is 13.1. The van der Waals surface area contributed by atoms with E-state index in [1.165, 1.54) is 25.2 Å². The molecule has 0 saturated carbocycles. The van der Waals surface area contributed by atoms with Crippen LogP contribution in [0.15, 0.2) is 69.3 Å². The van der Waals surface area contributed by atoms with Gasteiger partial charge < -0.3 is 19.0 Å². The van der Waals surface area contributed by atoms with Crippen molar-refractivity contribution in [3.8, 4) is 5.75 Å². The van der Waals surface area contributed by atoms with Gasteiger partial charge in [-0.25, -0.2) is 0 Å². The predicted molar refractivity (Wildman–Crippen MR) is 127 cm³/mol. The van der Waals surface area contributed by atoms with E-state index in [4.69, 9.17) is 9.15 Å². The van der Waals surface area contributed by atoms with Crippen molar-refractivity contribution in [2.45, 2.75) is 12.8 Å². The van der Waals surface area contributed by atoms with Crippen molar-refractivity contribution in [3.63, 3.8) is 0 Å². The average molecular weight is 455 g/mol. The number of carbonyl (C=O) groups excluding carboxylic acids is 2. The van der Waals surface area contributed by atoms with E-state index in [0.29, 0.717) is 33.6 Å². The van der Waals surface area contributed by atoms with Crippen LogP contribution in [-0.4, -0.2) is 34.9 Å². The summed E-state index contributed by atoms with van der Waals surface area (Å²) in [6, 6.07) is 10.9. The number of rotatable bonds is 2. The van der Waals surface area contributed by atoms with Crippen LogP contribution in [0.1, 0.15) is 24.0 Å². The third-order valence-electron chi connectivity index (χ3n) is 6.74. The summed E-state index contributed by atoms with van der Waals surface area (Å²) in [5.74, 6) is -0.930. The summed E-state index contributed by atoms with van der Waals surface area (Å²) in [6.07, 6.45) is 3.37. The second-order valence-electron chi connectivity index (χ2n) is 8.64. The van der Waals surface area contributed by atoms with Gasteiger partial charge in [-0.15, -0.1) is 0 Å². The Morgan fingerprint density at radius 3 is 2.76 bits per heavy atom. The Balaban J connectivity index is 1.68. The molecule has 0 saturated heterocycles. The smallest absolute Gasteiger partial charge is 0.259 e. The molecule has 170 valence electrons. The minimum Gasteiger partial charge on any atom is -0.497 e. The Labute approximate surface area is 194 Å². The first-order valence-corrected chi connectivity index (χ1v) is 10.9. The number of hydrogen-bond acceptors (Lipinski definition) is 6. The third-order valence-corrected chi connectivity index (χ3v) is 6.74. The van der Waals surface area contributed by atoms with E-state index >= 15 is 0 Å². The summed E-state index contributed by atoms with van der Waals surface area (Å²) in [7, 11) is 3.46. The monoisotopic (exact) mass is 455 g/mol. The number of anilines is 1. The van der Waals surface area contributed by atoms with E-state index < -0.39 is 11.8 Å². The molecule has 0 unspecified atom stereocenters. The zero-order valence-corrected chi connectivity index (χ0v) is 18.8. The van der Waals surface area contributed by atoms with Gasteiger partial charge in [0.2, 0.25) is 5.91 Å². The van der Waals surface area contributed by atoms with Gasteiger partial charge in [0.1, 0.15) is 11.3 Å². The van der Waals surface area contributed by atoms with Gasteiger partial charge in [0.05, 0.1) is 42.3 Å². The van der Waals surface area contributed by atoms with E-state index in [1.807, 2.05) is 36.0 Å². The lowest BCUT2D eigenvalue weighted by atomic mass is 9.84. The molecule has 2 aliphatic rings. The number of carbonyl (C=O) groups is 2. The van der Waals surface area contributed by atoms with Gasteiger partial charge in [-0.2, -0.15) is 0 Å². The highest BCUT2D eigenvalue weighted by molar-refractivity contribution is 6.11. The van der Waals surface area contributed by atoms with Crippen molar-refractivity contribution in [2.24, 2.45) is 7.05 Å². The molecular formula is C26H21N3O5. The van der Waals surface area contributed by atoms with Gasteiger partial charge >= 0.3 is 0 Å². The van der Waals surface area contributed by atoms with Gasteiger partial charge in [0, 0.05) is 42.5 Å². The zero-order valence-electron chi connectivity index (χ0n) is 18.8. The van der Waals surface area contributed by atoms with Crippen molar-refractivity contribution in [3.05, 3.63) is 81.5 Å². The lowest BCUT2D eigenvalue weighted by molar-refractivity contribution is -0.139. The number of methoxy groups -OCH3 is 1. The van der Waals surface area contributed by atoms with Crippen LogP contribution in [0.4, 0.5) is 5.69 Å². The Morgan fingerprint density at radius 1 is 1.18 bits per heavy atom. The number of ether oxygens (including phenoxy) is 1. The quantitative estimate of drug-likeness (QED) is 0.497. The minimum atomic E-state index is -0.710. The molecule has 1 atom stereocenters. The first-order valence-electron chi connectivity index (χ1n) is 10.9. The fourth-order valence-electron chi connectivity index (χ4n) is 5.14. The molecule has 2 aromatic heterocycles. The molecule has 2 aliphatic heterocycles. The molecular weight excluding hydrogens is 434 g/mol. The van der Waals surface area contributed by atoms with E-state index in [1.54, 1.807) is 18.2 Å². The van der Waals surface area contributed by atoms with Crippen LogP contribution in [0.5, 0.6) is 5.75 Å². The highest BCUT2D eigenvalue weighted by Crippen LogP contribution is 2.45. The summed E-state index contributed by atoms with van der Waals surface area (Å²) in [6.45, 7) is 1.49. The van der Waals surface area contributed by atoms with E-state index in [2.05, 4.69) is 5.32 Å². The second-order valence-corrected chi connectivity index (χ2v) is 8.64. The van der Waals surface area contributed by atoms with Gasteiger partial charge in [0.25, 0.3) is 5.91 Å². The molecule has 0 bridgehead atoms. The third kappa shape index (κ3) is 2.68. The van der Waals surface area contributed by atoms with Gasteiger partial charge in [-0.05, 0) is 35.9 Å². The Kier molecular flexibility index (Phi) is 4.23. The van der Waals surface area contributed by atoms with Crippen molar-refractivity contribution in [2.75, 3.05) is 19.0 Å². The van der Waals surface area contributed by atoms with Crippen LogP contribution >= 0.6 is 0 Å². The van der Waals surface area contributed by atoms with E-state index in [9.17, 15) is 14.4 Å². The van der Waals surface area contributed by atoms with E-state index in [0.717, 1.165) is 22.2 Å². The van der Waals surface area contributed by atoms with Gasteiger partial charge in [-0.1, -0.05) is 6.07 Å². The number of amides is 2. The van der Waals surface area contributed by atoms with Crippen LogP contribution in [0.3, 0.4) is 0 Å². The van der Waals surface area contributed by atoms with Crippen LogP contribution in [0.2, 0.25) is 0 Å².